The van der Waals surface area contributed by atoms with Gasteiger partial charge < -0.3 is 10.0 Å². The Labute approximate surface area is 118 Å². The molecule has 1 aromatic rings. The lowest BCUT2D eigenvalue weighted by Crippen LogP contribution is -2.41. The quantitative estimate of drug-likeness (QED) is 0.815. The van der Waals surface area contributed by atoms with E-state index in [2.05, 4.69) is 0 Å². The van der Waals surface area contributed by atoms with E-state index in [0.29, 0.717) is 12.4 Å². The van der Waals surface area contributed by atoms with Gasteiger partial charge in [0.25, 0.3) is 5.91 Å². The third kappa shape index (κ3) is 3.83. The van der Waals surface area contributed by atoms with E-state index in [1.165, 1.54) is 12.1 Å². The predicted octanol–water partition coefficient (Wildman–Crippen LogP) is 3.40. The first-order chi connectivity index (χ1) is 9.04. The van der Waals surface area contributed by atoms with Crippen molar-refractivity contribution in [2.24, 2.45) is 0 Å². The molecule has 1 N–H and O–H groups in total. The van der Waals surface area contributed by atoms with Gasteiger partial charge in [-0.25, -0.2) is 4.39 Å². The Morgan fingerprint density at radius 3 is 2.53 bits per heavy atom. The van der Waals surface area contributed by atoms with Crippen molar-refractivity contribution in [3.8, 4) is 5.75 Å². The number of nitrogens with zero attached hydrogens (tertiary/aromatic N) is 1. The number of hydrogen-bond acceptors (Lipinski definition) is 2. The molecule has 3 nitrogen and oxygen atoms in total. The van der Waals surface area contributed by atoms with Crippen LogP contribution < -0.4 is 0 Å². The van der Waals surface area contributed by atoms with Gasteiger partial charge in [-0.15, -0.1) is 11.6 Å². The van der Waals surface area contributed by atoms with Gasteiger partial charge in [0.2, 0.25) is 0 Å². The molecule has 0 aliphatic heterocycles. The molecule has 0 heterocycles. The summed E-state index contributed by atoms with van der Waals surface area (Å²) < 4.78 is 13.7. The average Bonchev–Trinajstić information content (AvgIpc) is 2.38. The Kier molecular flexibility index (Phi) is 6.09. The summed E-state index contributed by atoms with van der Waals surface area (Å²) >= 11 is 5.72. The second kappa shape index (κ2) is 7.34. The van der Waals surface area contributed by atoms with Crippen LogP contribution in [0.3, 0.4) is 0 Å². The highest BCUT2D eigenvalue weighted by molar-refractivity contribution is 6.18. The highest BCUT2D eigenvalue weighted by Gasteiger charge is 2.24. The van der Waals surface area contributed by atoms with Crippen molar-refractivity contribution in [3.63, 3.8) is 0 Å². The fourth-order valence-corrected chi connectivity index (χ4v) is 2.28. The standard InChI is InChI=1S/C14H19ClFNO2/c1-3-10(4-2)17(8-7-15)14(19)12-6-5-11(18)9-13(12)16/h5-6,9-10,18H,3-4,7-8H2,1-2H3. The fourth-order valence-electron chi connectivity index (χ4n) is 2.10. The number of aromatic hydroxyl groups is 1. The Bertz CT molecular complexity index is 435. The van der Waals surface area contributed by atoms with Crippen molar-refractivity contribution in [3.05, 3.63) is 29.6 Å². The number of hydrogen-bond donors (Lipinski definition) is 1. The van der Waals surface area contributed by atoms with E-state index in [-0.39, 0.29) is 23.3 Å². The van der Waals surface area contributed by atoms with E-state index in [9.17, 15) is 14.3 Å². The number of carbonyl (C=O) groups is 1. The lowest BCUT2D eigenvalue weighted by molar-refractivity contribution is 0.0677. The fraction of sp³-hybridized carbons (Fsp3) is 0.500. The summed E-state index contributed by atoms with van der Waals surface area (Å²) in [5, 5.41) is 9.18. The molecule has 0 saturated heterocycles. The van der Waals surface area contributed by atoms with E-state index >= 15 is 0 Å². The maximum Gasteiger partial charge on any atom is 0.257 e. The van der Waals surface area contributed by atoms with Crippen LogP contribution in [0.4, 0.5) is 4.39 Å². The van der Waals surface area contributed by atoms with Crippen molar-refractivity contribution < 1.29 is 14.3 Å². The first-order valence-electron chi connectivity index (χ1n) is 6.40. The number of carbonyl (C=O) groups excluding carboxylic acids is 1. The summed E-state index contributed by atoms with van der Waals surface area (Å²) in [5.41, 5.74) is -0.0326. The summed E-state index contributed by atoms with van der Waals surface area (Å²) in [6.45, 7) is 4.35. The van der Waals surface area contributed by atoms with Crippen LogP contribution in [0.1, 0.15) is 37.0 Å². The molecule has 0 fully saturated rings. The number of rotatable bonds is 6. The van der Waals surface area contributed by atoms with Gasteiger partial charge in [-0.1, -0.05) is 13.8 Å². The van der Waals surface area contributed by atoms with Crippen LogP contribution in [0.5, 0.6) is 5.75 Å². The summed E-state index contributed by atoms with van der Waals surface area (Å²) in [6, 6.07) is 3.59. The number of phenolic OH excluding ortho intramolecular Hbond substituents is 1. The van der Waals surface area contributed by atoms with Crippen molar-refractivity contribution in [2.75, 3.05) is 12.4 Å². The molecule has 19 heavy (non-hydrogen) atoms. The lowest BCUT2D eigenvalue weighted by Gasteiger charge is -2.30. The van der Waals surface area contributed by atoms with Crippen LogP contribution in [-0.2, 0) is 0 Å². The topological polar surface area (TPSA) is 40.5 Å². The Morgan fingerprint density at radius 2 is 2.05 bits per heavy atom. The Balaban J connectivity index is 3.04. The molecule has 1 rings (SSSR count). The minimum Gasteiger partial charge on any atom is -0.508 e. The summed E-state index contributed by atoms with van der Waals surface area (Å²) in [6.07, 6.45) is 1.58. The molecule has 0 atom stereocenters. The number of alkyl halides is 1. The molecule has 0 radical (unpaired) electrons. The van der Waals surface area contributed by atoms with Crippen LogP contribution >= 0.6 is 11.6 Å². The zero-order chi connectivity index (χ0) is 14.4. The normalized spacial score (nSPS) is 10.8. The van der Waals surface area contributed by atoms with Crippen molar-refractivity contribution >= 4 is 17.5 Å². The molecule has 0 aliphatic carbocycles. The second-order valence-corrected chi connectivity index (χ2v) is 4.70. The molecule has 0 aliphatic rings. The van der Waals surface area contributed by atoms with Crippen LogP contribution in [-0.4, -0.2) is 34.4 Å². The predicted molar refractivity (Wildman–Crippen MR) is 74.2 cm³/mol. The summed E-state index contributed by atoms with van der Waals surface area (Å²) in [5.74, 6) is -0.982. The lowest BCUT2D eigenvalue weighted by atomic mass is 10.1. The largest absolute Gasteiger partial charge is 0.508 e. The van der Waals surface area contributed by atoms with Crippen LogP contribution in [0, 0.1) is 5.82 Å². The first-order valence-corrected chi connectivity index (χ1v) is 6.94. The molecule has 0 aromatic heterocycles. The number of phenols is 1. The minimum atomic E-state index is -0.712. The highest BCUT2D eigenvalue weighted by atomic mass is 35.5. The third-order valence-electron chi connectivity index (χ3n) is 3.15. The van der Waals surface area contributed by atoms with Gasteiger partial charge in [-0.05, 0) is 25.0 Å². The van der Waals surface area contributed by atoms with Crippen LogP contribution in [0.15, 0.2) is 18.2 Å². The van der Waals surface area contributed by atoms with Crippen molar-refractivity contribution in [1.29, 1.82) is 0 Å². The second-order valence-electron chi connectivity index (χ2n) is 4.32. The first kappa shape index (κ1) is 15.8. The van der Waals surface area contributed by atoms with E-state index in [0.717, 1.165) is 18.9 Å². The Morgan fingerprint density at radius 1 is 1.42 bits per heavy atom. The highest BCUT2D eigenvalue weighted by Crippen LogP contribution is 2.19. The smallest absolute Gasteiger partial charge is 0.257 e. The van der Waals surface area contributed by atoms with Crippen molar-refractivity contribution in [1.82, 2.24) is 4.90 Å². The maximum atomic E-state index is 13.7. The number of halogens is 2. The molecule has 5 heteroatoms. The minimum absolute atomic E-state index is 0.0326. The van der Waals surface area contributed by atoms with Gasteiger partial charge in [0.15, 0.2) is 0 Å². The van der Waals surface area contributed by atoms with E-state index in [1.54, 1.807) is 4.90 Å². The molecule has 1 aromatic carbocycles. The van der Waals surface area contributed by atoms with Gasteiger partial charge >= 0.3 is 0 Å². The van der Waals surface area contributed by atoms with E-state index in [4.69, 9.17) is 11.6 Å². The number of benzene rings is 1. The monoisotopic (exact) mass is 287 g/mol. The molecule has 106 valence electrons. The SMILES string of the molecule is CCC(CC)N(CCCl)C(=O)c1ccc(O)cc1F. The van der Waals surface area contributed by atoms with Crippen LogP contribution in [0.25, 0.3) is 0 Å². The zero-order valence-electron chi connectivity index (χ0n) is 11.2. The zero-order valence-corrected chi connectivity index (χ0v) is 12.0. The average molecular weight is 288 g/mol. The Hall–Kier alpha value is -1.29. The van der Waals surface area contributed by atoms with Gasteiger partial charge in [0.05, 0.1) is 5.56 Å². The molecular weight excluding hydrogens is 269 g/mol. The van der Waals surface area contributed by atoms with Crippen LogP contribution in [0.2, 0.25) is 0 Å². The molecule has 0 spiro atoms. The molecule has 0 bridgehead atoms. The maximum absolute atomic E-state index is 13.7. The van der Waals surface area contributed by atoms with Gasteiger partial charge in [0.1, 0.15) is 11.6 Å². The van der Waals surface area contributed by atoms with Gasteiger partial charge in [-0.2, -0.15) is 0 Å². The van der Waals surface area contributed by atoms with E-state index < -0.39 is 5.82 Å². The molecular formula is C14H19ClFNO2. The molecule has 0 saturated carbocycles. The van der Waals surface area contributed by atoms with Gasteiger partial charge in [-0.3, -0.25) is 4.79 Å². The summed E-state index contributed by atoms with van der Waals surface area (Å²) in [4.78, 5) is 14.0. The molecule has 0 unspecified atom stereocenters. The number of amides is 1. The van der Waals surface area contributed by atoms with E-state index in [1.807, 2.05) is 13.8 Å². The van der Waals surface area contributed by atoms with Crippen molar-refractivity contribution in [2.45, 2.75) is 32.7 Å². The van der Waals surface area contributed by atoms with Gasteiger partial charge in [0, 0.05) is 24.5 Å². The molecule has 1 amide bonds. The summed E-state index contributed by atoms with van der Waals surface area (Å²) in [7, 11) is 0. The third-order valence-corrected chi connectivity index (χ3v) is 3.32.